The highest BCUT2D eigenvalue weighted by Gasteiger charge is 2.19. The summed E-state index contributed by atoms with van der Waals surface area (Å²) in [5, 5.41) is 0. The fourth-order valence-electron chi connectivity index (χ4n) is 8.96. The molecule has 6 nitrogen and oxygen atoms in total. The van der Waals surface area contributed by atoms with Gasteiger partial charge in [-0.2, -0.15) is 0 Å². The van der Waals surface area contributed by atoms with Crippen LogP contribution in [0, 0.1) is 0 Å². The van der Waals surface area contributed by atoms with Crippen molar-refractivity contribution in [1.29, 1.82) is 0 Å². The number of unbranched alkanes of at least 4 members (excludes halogenated alkanes) is 26. The molecule has 0 spiro atoms. The monoisotopic (exact) mass is 1110 g/mol. The van der Waals surface area contributed by atoms with E-state index in [1.54, 1.807) is 0 Å². The second-order valence-electron chi connectivity index (χ2n) is 21.6. The quantitative estimate of drug-likeness (QED) is 0.0261. The minimum absolute atomic E-state index is 0.0915. The molecular weight excluding hydrogens is 985 g/mol. The van der Waals surface area contributed by atoms with Gasteiger partial charge in [0.05, 0.1) is 0 Å². The summed E-state index contributed by atoms with van der Waals surface area (Å²) < 4.78 is 16.9. The van der Waals surface area contributed by atoms with Crippen LogP contribution in [0.3, 0.4) is 0 Å². The van der Waals surface area contributed by atoms with Crippen LogP contribution < -0.4 is 0 Å². The molecule has 0 aromatic heterocycles. The van der Waals surface area contributed by atoms with E-state index >= 15 is 0 Å². The first kappa shape index (κ1) is 75.5. The summed E-state index contributed by atoms with van der Waals surface area (Å²) in [6, 6.07) is 0. The Morgan fingerprint density at radius 2 is 0.487 bits per heavy atom. The summed E-state index contributed by atoms with van der Waals surface area (Å²) in [6.07, 6.45) is 94.6. The van der Waals surface area contributed by atoms with E-state index in [9.17, 15) is 14.4 Å². The third-order valence-electron chi connectivity index (χ3n) is 13.9. The molecule has 0 aliphatic rings. The zero-order chi connectivity index (χ0) is 57.8. The van der Waals surface area contributed by atoms with Gasteiger partial charge in [-0.05, 0) is 135 Å². The van der Waals surface area contributed by atoms with E-state index in [0.717, 1.165) is 154 Å². The molecule has 0 heterocycles. The molecule has 0 aromatic rings. The molecule has 0 saturated heterocycles. The standard InChI is InChI=1S/C74H122O6/c1-4-7-10-13-16-19-22-25-27-29-31-33-34-35-36-37-38-39-40-42-43-45-47-49-52-55-58-61-64-67-73(76)79-70-71(69-78-72(75)66-63-60-57-54-51-24-21-18-15-12-9-6-3)80-74(77)68-65-62-59-56-53-50-48-46-44-41-32-30-28-26-23-20-17-14-11-8-5-2/h7-8,10-11,16-21,25-28,31-33,35-36,41,46,48,71H,4-6,9,12-15,22-24,29-30,34,37-40,42-45,47,49-70H2,1-3H3/b10-7-,11-8-,19-16-,20-17-,21-18-,27-25-,28-26-,33-31-,36-35-,41-32-,48-46-. The van der Waals surface area contributed by atoms with Gasteiger partial charge in [-0.25, -0.2) is 0 Å². The summed E-state index contributed by atoms with van der Waals surface area (Å²) in [4.78, 5) is 38.3. The molecule has 1 unspecified atom stereocenters. The Kier molecular flexibility index (Phi) is 63.3. The SMILES string of the molecule is CC/C=C\C/C=C\C/C=C\C/C=C\C/C=C\CCCCCCCCCCCCCCCC(=O)OCC(COC(=O)CCCCCCC/C=C\CCCCC)OC(=O)CCCCCCC/C=C\C/C=C\C/C=C\C/C=C\C/C=C\CC. The molecule has 0 N–H and O–H groups in total. The zero-order valence-corrected chi connectivity index (χ0v) is 52.0. The van der Waals surface area contributed by atoms with E-state index < -0.39 is 6.10 Å². The molecule has 0 amide bonds. The van der Waals surface area contributed by atoms with Crippen molar-refractivity contribution in [3.63, 3.8) is 0 Å². The van der Waals surface area contributed by atoms with Gasteiger partial charge >= 0.3 is 17.9 Å². The Labute approximate surface area is 494 Å². The lowest BCUT2D eigenvalue weighted by atomic mass is 10.0. The predicted molar refractivity (Wildman–Crippen MR) is 348 cm³/mol. The van der Waals surface area contributed by atoms with Gasteiger partial charge in [-0.3, -0.25) is 14.4 Å². The number of allylic oxidation sites excluding steroid dienone is 22. The minimum Gasteiger partial charge on any atom is -0.462 e. The van der Waals surface area contributed by atoms with E-state index in [-0.39, 0.29) is 31.1 Å². The van der Waals surface area contributed by atoms with E-state index in [1.165, 1.54) is 103 Å². The Morgan fingerprint density at radius 3 is 0.775 bits per heavy atom. The fraction of sp³-hybridized carbons (Fsp3) is 0.662. The molecular formula is C74H122O6. The Bertz CT molecular complexity index is 1700. The first-order chi connectivity index (χ1) is 39.5. The lowest BCUT2D eigenvalue weighted by Crippen LogP contribution is -2.30. The number of carbonyl (C=O) groups is 3. The number of hydrogen-bond donors (Lipinski definition) is 0. The maximum Gasteiger partial charge on any atom is 0.306 e. The van der Waals surface area contributed by atoms with Crippen LogP contribution in [0.1, 0.15) is 297 Å². The summed E-state index contributed by atoms with van der Waals surface area (Å²) in [7, 11) is 0. The van der Waals surface area contributed by atoms with E-state index in [4.69, 9.17) is 14.2 Å². The van der Waals surface area contributed by atoms with Crippen molar-refractivity contribution in [2.24, 2.45) is 0 Å². The summed E-state index contributed by atoms with van der Waals surface area (Å²) in [5.74, 6) is -0.917. The third kappa shape index (κ3) is 64.4. The number of rotatable bonds is 59. The van der Waals surface area contributed by atoms with Gasteiger partial charge in [0, 0.05) is 19.3 Å². The molecule has 0 aliphatic carbocycles. The van der Waals surface area contributed by atoms with Crippen LogP contribution in [0.4, 0.5) is 0 Å². The molecule has 1 atom stereocenters. The molecule has 0 aromatic carbocycles. The maximum atomic E-state index is 12.9. The van der Waals surface area contributed by atoms with Gasteiger partial charge in [0.2, 0.25) is 0 Å². The molecule has 0 saturated carbocycles. The highest BCUT2D eigenvalue weighted by molar-refractivity contribution is 5.71. The Balaban J connectivity index is 4.31. The van der Waals surface area contributed by atoms with E-state index in [0.29, 0.717) is 19.3 Å². The van der Waals surface area contributed by atoms with Crippen molar-refractivity contribution in [2.45, 2.75) is 303 Å². The van der Waals surface area contributed by atoms with Crippen molar-refractivity contribution in [3.8, 4) is 0 Å². The first-order valence-electron chi connectivity index (χ1n) is 33.2. The molecule has 0 radical (unpaired) electrons. The van der Waals surface area contributed by atoms with Crippen LogP contribution in [0.5, 0.6) is 0 Å². The normalized spacial score (nSPS) is 13.0. The second kappa shape index (κ2) is 67.1. The number of ether oxygens (including phenoxy) is 3. The van der Waals surface area contributed by atoms with E-state index in [2.05, 4.69) is 154 Å². The summed E-state index contributed by atoms with van der Waals surface area (Å²) >= 11 is 0. The summed E-state index contributed by atoms with van der Waals surface area (Å²) in [6.45, 7) is 6.38. The van der Waals surface area contributed by atoms with Crippen LogP contribution in [-0.4, -0.2) is 37.2 Å². The molecule has 0 bridgehead atoms. The molecule has 454 valence electrons. The van der Waals surface area contributed by atoms with Crippen molar-refractivity contribution >= 4 is 17.9 Å². The lowest BCUT2D eigenvalue weighted by molar-refractivity contribution is -0.167. The topological polar surface area (TPSA) is 78.9 Å². The summed E-state index contributed by atoms with van der Waals surface area (Å²) in [5.41, 5.74) is 0. The number of hydrogen-bond acceptors (Lipinski definition) is 6. The first-order valence-corrected chi connectivity index (χ1v) is 33.2. The molecule has 0 fully saturated rings. The largest absolute Gasteiger partial charge is 0.462 e. The van der Waals surface area contributed by atoms with Gasteiger partial charge in [0.1, 0.15) is 13.2 Å². The van der Waals surface area contributed by atoms with Gasteiger partial charge in [0.25, 0.3) is 0 Å². The maximum absolute atomic E-state index is 12.9. The number of carbonyl (C=O) groups excluding carboxylic acids is 3. The average molecular weight is 1110 g/mol. The van der Waals surface area contributed by atoms with Crippen LogP contribution in [0.25, 0.3) is 0 Å². The van der Waals surface area contributed by atoms with Crippen molar-refractivity contribution in [2.75, 3.05) is 13.2 Å². The van der Waals surface area contributed by atoms with Gasteiger partial charge in [-0.15, -0.1) is 0 Å². The number of esters is 3. The van der Waals surface area contributed by atoms with Crippen molar-refractivity contribution < 1.29 is 28.6 Å². The Morgan fingerprint density at radius 1 is 0.263 bits per heavy atom. The zero-order valence-electron chi connectivity index (χ0n) is 52.0. The van der Waals surface area contributed by atoms with Crippen molar-refractivity contribution in [3.05, 3.63) is 134 Å². The highest BCUT2D eigenvalue weighted by Crippen LogP contribution is 2.16. The average Bonchev–Trinajstić information content (AvgIpc) is 3.46. The Hall–Kier alpha value is -4.45. The van der Waals surface area contributed by atoms with Crippen LogP contribution in [0.15, 0.2) is 134 Å². The predicted octanol–water partition coefficient (Wildman–Crippen LogP) is 22.9. The van der Waals surface area contributed by atoms with Gasteiger partial charge in [0.15, 0.2) is 6.10 Å². The van der Waals surface area contributed by atoms with E-state index in [1.807, 2.05) is 0 Å². The van der Waals surface area contributed by atoms with Crippen LogP contribution >= 0.6 is 0 Å². The smallest absolute Gasteiger partial charge is 0.306 e. The second-order valence-corrected chi connectivity index (χ2v) is 21.6. The highest BCUT2D eigenvalue weighted by atomic mass is 16.6. The third-order valence-corrected chi connectivity index (χ3v) is 13.9. The van der Waals surface area contributed by atoms with Gasteiger partial charge < -0.3 is 14.2 Å². The van der Waals surface area contributed by atoms with Crippen LogP contribution in [-0.2, 0) is 28.6 Å². The van der Waals surface area contributed by atoms with Gasteiger partial charge in [-0.1, -0.05) is 276 Å². The lowest BCUT2D eigenvalue weighted by Gasteiger charge is -2.18. The van der Waals surface area contributed by atoms with Crippen LogP contribution in [0.2, 0.25) is 0 Å². The van der Waals surface area contributed by atoms with Crippen molar-refractivity contribution in [1.82, 2.24) is 0 Å². The molecule has 6 heteroatoms. The molecule has 80 heavy (non-hydrogen) atoms. The molecule has 0 aliphatic heterocycles. The minimum atomic E-state index is -0.797. The fourth-order valence-corrected chi connectivity index (χ4v) is 8.96. The molecule has 0 rings (SSSR count).